The molecule has 0 aromatic heterocycles. The van der Waals surface area contributed by atoms with Crippen molar-refractivity contribution in [3.8, 4) is 17.2 Å². The highest BCUT2D eigenvalue weighted by Gasteiger charge is 2.46. The number of ether oxygens (including phenoxy) is 3. The van der Waals surface area contributed by atoms with Crippen LogP contribution in [0, 0.1) is 16.0 Å². The van der Waals surface area contributed by atoms with Crippen molar-refractivity contribution in [2.45, 2.75) is 38.0 Å². The Kier molecular flexibility index (Phi) is 7.70. The maximum atomic E-state index is 13.8. The van der Waals surface area contributed by atoms with Gasteiger partial charge in [-0.2, -0.15) is 0 Å². The van der Waals surface area contributed by atoms with Crippen molar-refractivity contribution in [3.63, 3.8) is 0 Å². The number of ketones is 1. The number of methoxy groups -OCH3 is 2. The highest BCUT2D eigenvalue weighted by atomic mass is 16.6. The standard InChI is InChI=1S/C28H30N2O8/c1-5-10-38-28(33)24-15(2)29-19-11-16(18-8-6-7-9-22(18)36-3)13-21(31)26(19)25(24)17-12-20(30(34)35)27(32)23(14-17)37-4/h6-9,12,14,16,24-25,29,32H,2,5,10-11,13H2,1,3-4H3. The first-order chi connectivity index (χ1) is 18.2. The van der Waals surface area contributed by atoms with E-state index in [4.69, 9.17) is 14.2 Å². The van der Waals surface area contributed by atoms with Gasteiger partial charge in [0.1, 0.15) is 11.7 Å². The minimum atomic E-state index is -1.03. The van der Waals surface area contributed by atoms with E-state index < -0.39 is 34.2 Å². The number of Topliss-reactive ketones (excluding diaryl/α,β-unsaturated/α-hetero) is 1. The maximum Gasteiger partial charge on any atom is 0.315 e. The predicted molar refractivity (Wildman–Crippen MR) is 138 cm³/mol. The second-order valence-corrected chi connectivity index (χ2v) is 9.28. The molecule has 38 heavy (non-hydrogen) atoms. The van der Waals surface area contributed by atoms with Crippen LogP contribution in [0.1, 0.15) is 49.1 Å². The Labute approximate surface area is 220 Å². The van der Waals surface area contributed by atoms with Crippen LogP contribution in [0.25, 0.3) is 0 Å². The molecule has 0 radical (unpaired) electrons. The smallest absolute Gasteiger partial charge is 0.315 e. The first-order valence-corrected chi connectivity index (χ1v) is 12.3. The first kappa shape index (κ1) is 26.7. The third kappa shape index (κ3) is 4.81. The molecule has 2 aromatic rings. The fourth-order valence-corrected chi connectivity index (χ4v) is 5.29. The lowest BCUT2D eigenvalue weighted by molar-refractivity contribution is -0.386. The topological polar surface area (TPSA) is 137 Å². The van der Waals surface area contributed by atoms with Gasteiger partial charge < -0.3 is 24.6 Å². The van der Waals surface area contributed by atoms with Gasteiger partial charge in [0.05, 0.1) is 25.7 Å². The van der Waals surface area contributed by atoms with Crippen molar-refractivity contribution < 1.29 is 33.8 Å². The number of nitro groups is 1. The Bertz CT molecular complexity index is 1330. The molecule has 10 heteroatoms. The van der Waals surface area contributed by atoms with Crippen molar-refractivity contribution in [2.75, 3.05) is 20.8 Å². The predicted octanol–water partition coefficient (Wildman–Crippen LogP) is 4.49. The fourth-order valence-electron chi connectivity index (χ4n) is 5.29. The van der Waals surface area contributed by atoms with E-state index in [1.54, 1.807) is 7.11 Å². The van der Waals surface area contributed by atoms with Crippen molar-refractivity contribution >= 4 is 17.4 Å². The molecule has 200 valence electrons. The molecule has 1 heterocycles. The summed E-state index contributed by atoms with van der Waals surface area (Å²) >= 11 is 0. The van der Waals surface area contributed by atoms with Crippen LogP contribution in [0.5, 0.6) is 17.2 Å². The summed E-state index contributed by atoms with van der Waals surface area (Å²) in [6.07, 6.45) is 1.18. The van der Waals surface area contributed by atoms with Crippen molar-refractivity contribution in [1.82, 2.24) is 5.32 Å². The molecule has 3 unspecified atom stereocenters. The molecule has 0 saturated carbocycles. The zero-order valence-corrected chi connectivity index (χ0v) is 21.5. The molecule has 2 aromatic carbocycles. The Hall–Kier alpha value is -4.34. The van der Waals surface area contributed by atoms with Gasteiger partial charge in [-0.25, -0.2) is 0 Å². The van der Waals surface area contributed by atoms with E-state index >= 15 is 0 Å². The Morgan fingerprint density at radius 3 is 2.55 bits per heavy atom. The number of nitrogens with zero attached hydrogens (tertiary/aromatic N) is 1. The van der Waals surface area contributed by atoms with E-state index in [-0.39, 0.29) is 36.0 Å². The van der Waals surface area contributed by atoms with Crippen LogP contribution in [0.15, 0.2) is 59.9 Å². The molecule has 0 bridgehead atoms. The lowest BCUT2D eigenvalue weighted by atomic mass is 9.69. The Morgan fingerprint density at radius 1 is 1.18 bits per heavy atom. The van der Waals surface area contributed by atoms with Gasteiger partial charge in [0.15, 0.2) is 11.5 Å². The third-order valence-corrected chi connectivity index (χ3v) is 6.97. The average Bonchev–Trinajstić information content (AvgIpc) is 2.90. The number of carbonyl (C=O) groups is 2. The number of nitro benzene ring substituents is 1. The molecular weight excluding hydrogens is 492 g/mol. The molecule has 2 N–H and O–H groups in total. The number of phenolic OH excluding ortho intramolecular Hbond substituents is 1. The number of aromatic hydroxyl groups is 1. The van der Waals surface area contributed by atoms with Gasteiger partial charge in [-0.1, -0.05) is 31.7 Å². The highest BCUT2D eigenvalue weighted by molar-refractivity contribution is 6.01. The van der Waals surface area contributed by atoms with Gasteiger partial charge in [0.25, 0.3) is 0 Å². The van der Waals surface area contributed by atoms with Gasteiger partial charge >= 0.3 is 11.7 Å². The zero-order valence-electron chi connectivity index (χ0n) is 21.5. The number of allylic oxidation sites excluding steroid dienone is 2. The zero-order chi connectivity index (χ0) is 27.6. The van der Waals surface area contributed by atoms with Gasteiger partial charge in [-0.3, -0.25) is 19.7 Å². The molecule has 10 nitrogen and oxygen atoms in total. The molecule has 0 spiro atoms. The second-order valence-electron chi connectivity index (χ2n) is 9.28. The van der Waals surface area contributed by atoms with Crippen molar-refractivity contribution in [2.24, 2.45) is 5.92 Å². The summed E-state index contributed by atoms with van der Waals surface area (Å²) in [5, 5.41) is 25.3. The summed E-state index contributed by atoms with van der Waals surface area (Å²) in [5.41, 5.74) is 1.79. The number of rotatable bonds is 8. The van der Waals surface area contributed by atoms with E-state index in [2.05, 4.69) is 11.9 Å². The second kappa shape index (κ2) is 11.0. The highest BCUT2D eigenvalue weighted by Crippen LogP contribution is 2.50. The molecule has 1 aliphatic carbocycles. The summed E-state index contributed by atoms with van der Waals surface area (Å²) in [6.45, 7) is 6.10. The van der Waals surface area contributed by atoms with Crippen LogP contribution in [0.2, 0.25) is 0 Å². The van der Waals surface area contributed by atoms with Gasteiger partial charge in [0, 0.05) is 41.3 Å². The van der Waals surface area contributed by atoms with E-state index in [1.165, 1.54) is 19.2 Å². The SMILES string of the molecule is C=C1NC2=C(C(=O)CC(c3ccccc3OC)C2)C(c2cc(OC)c(O)c([N+](=O)[O-])c2)C1C(=O)OCCC. The van der Waals surface area contributed by atoms with E-state index in [9.17, 15) is 24.8 Å². The summed E-state index contributed by atoms with van der Waals surface area (Å²) in [5.74, 6) is -3.07. The molecule has 1 aliphatic heterocycles. The number of nitrogens with one attached hydrogen (secondary N) is 1. The molecule has 2 aliphatic rings. The summed E-state index contributed by atoms with van der Waals surface area (Å²) in [4.78, 5) is 38.0. The van der Waals surface area contributed by atoms with Crippen LogP contribution in [-0.2, 0) is 14.3 Å². The minimum absolute atomic E-state index is 0.142. The van der Waals surface area contributed by atoms with Gasteiger partial charge in [-0.15, -0.1) is 0 Å². The largest absolute Gasteiger partial charge is 0.500 e. The first-order valence-electron chi connectivity index (χ1n) is 12.3. The number of carbonyl (C=O) groups excluding carboxylic acids is 2. The molecular formula is C28H30N2O8. The lowest BCUT2D eigenvalue weighted by Crippen LogP contribution is -2.42. The van der Waals surface area contributed by atoms with Crippen LogP contribution in [0.3, 0.4) is 0 Å². The molecule has 0 fully saturated rings. The summed E-state index contributed by atoms with van der Waals surface area (Å²) in [6, 6.07) is 10.1. The van der Waals surface area contributed by atoms with Crippen molar-refractivity contribution in [1.29, 1.82) is 0 Å². The van der Waals surface area contributed by atoms with Gasteiger partial charge in [0.2, 0.25) is 5.75 Å². The number of phenols is 1. The maximum absolute atomic E-state index is 13.8. The molecule has 4 rings (SSSR count). The van der Waals surface area contributed by atoms with Crippen molar-refractivity contribution in [3.05, 3.63) is 81.2 Å². The number of para-hydroxylation sites is 1. The van der Waals surface area contributed by atoms with E-state index in [0.717, 1.165) is 5.56 Å². The van der Waals surface area contributed by atoms with Gasteiger partial charge in [-0.05, 0) is 36.1 Å². The normalized spacial score (nSPS) is 20.9. The third-order valence-electron chi connectivity index (χ3n) is 6.97. The number of benzene rings is 2. The Balaban J connectivity index is 1.88. The minimum Gasteiger partial charge on any atom is -0.500 e. The molecule has 3 atom stereocenters. The number of hydrogen-bond acceptors (Lipinski definition) is 9. The van der Waals surface area contributed by atoms with Crippen LogP contribution in [0.4, 0.5) is 5.69 Å². The average molecular weight is 523 g/mol. The molecule has 0 saturated heterocycles. The fraction of sp³-hybridized carbons (Fsp3) is 0.357. The van der Waals surface area contributed by atoms with E-state index in [1.807, 2.05) is 31.2 Å². The van der Waals surface area contributed by atoms with Crippen LogP contribution in [-0.4, -0.2) is 42.6 Å². The Morgan fingerprint density at radius 2 is 1.89 bits per heavy atom. The summed E-state index contributed by atoms with van der Waals surface area (Å²) in [7, 11) is 2.84. The number of esters is 1. The quantitative estimate of drug-likeness (QED) is 0.292. The van der Waals surface area contributed by atoms with E-state index in [0.29, 0.717) is 35.6 Å². The number of hydrogen-bond donors (Lipinski definition) is 2. The summed E-state index contributed by atoms with van der Waals surface area (Å²) < 4.78 is 16.1. The lowest BCUT2D eigenvalue weighted by Gasteiger charge is -2.40. The van der Waals surface area contributed by atoms with Crippen LogP contribution >= 0.6 is 0 Å². The monoisotopic (exact) mass is 522 g/mol. The van der Waals surface area contributed by atoms with Crippen LogP contribution < -0.4 is 14.8 Å². The molecule has 0 amide bonds.